The van der Waals surface area contributed by atoms with Crippen molar-refractivity contribution in [2.45, 2.75) is 32.9 Å². The smallest absolute Gasteiger partial charge is 0.274 e. The minimum Gasteiger partial charge on any atom is -0.341 e. The normalized spacial score (nSPS) is 12.3. The number of carbonyl (C=O) groups excluding carboxylic acids is 1. The lowest BCUT2D eigenvalue weighted by molar-refractivity contribution is 0.0927. The summed E-state index contributed by atoms with van der Waals surface area (Å²) in [5, 5.41) is 16.7. The minimum absolute atomic E-state index is 0.184. The number of H-pyrrole nitrogens is 1. The van der Waals surface area contributed by atoms with Crippen LogP contribution in [0.25, 0.3) is 0 Å². The molecule has 2 N–H and O–H groups in total. The molecule has 0 bridgehead atoms. The summed E-state index contributed by atoms with van der Waals surface area (Å²) in [7, 11) is 0. The van der Waals surface area contributed by atoms with Gasteiger partial charge in [0.25, 0.3) is 5.91 Å². The highest BCUT2D eigenvalue weighted by atomic mass is 16.2. The van der Waals surface area contributed by atoms with Gasteiger partial charge in [-0.15, -0.1) is 0 Å². The van der Waals surface area contributed by atoms with E-state index in [1.54, 1.807) is 4.68 Å². The molecule has 0 spiro atoms. The Morgan fingerprint density at radius 2 is 2.39 bits per heavy atom. The zero-order valence-electron chi connectivity index (χ0n) is 10.3. The molecule has 0 aliphatic rings. The first-order valence-electron chi connectivity index (χ1n) is 5.80. The van der Waals surface area contributed by atoms with Gasteiger partial charge in [0.2, 0.25) is 0 Å². The molecule has 0 aliphatic heterocycles. The summed E-state index contributed by atoms with van der Waals surface area (Å²) in [6.07, 6.45) is 3.60. The van der Waals surface area contributed by atoms with Crippen molar-refractivity contribution in [3.05, 3.63) is 24.0 Å². The van der Waals surface area contributed by atoms with Crippen LogP contribution in [-0.2, 0) is 6.54 Å². The highest BCUT2D eigenvalue weighted by Crippen LogP contribution is 2.13. The van der Waals surface area contributed by atoms with Gasteiger partial charge in [-0.1, -0.05) is 6.92 Å². The molecule has 2 aromatic rings. The van der Waals surface area contributed by atoms with Crippen molar-refractivity contribution < 1.29 is 4.79 Å². The van der Waals surface area contributed by atoms with E-state index in [-0.39, 0.29) is 17.6 Å². The number of hydrogen-bond acceptors (Lipinski definition) is 5. The molecule has 0 saturated heterocycles. The van der Waals surface area contributed by atoms with Crippen LogP contribution in [0.5, 0.6) is 0 Å². The van der Waals surface area contributed by atoms with E-state index in [4.69, 9.17) is 0 Å². The van der Waals surface area contributed by atoms with E-state index in [1.807, 2.05) is 13.8 Å². The third-order valence-electron chi connectivity index (χ3n) is 2.62. The fraction of sp³-hybridized carbons (Fsp3) is 0.500. The van der Waals surface area contributed by atoms with Gasteiger partial charge in [-0.05, 0) is 13.3 Å². The van der Waals surface area contributed by atoms with Crippen LogP contribution in [0.1, 0.15) is 42.6 Å². The van der Waals surface area contributed by atoms with Crippen molar-refractivity contribution in [3.8, 4) is 0 Å². The molecule has 0 radical (unpaired) electrons. The third kappa shape index (κ3) is 2.36. The molecule has 96 valence electrons. The van der Waals surface area contributed by atoms with E-state index >= 15 is 0 Å². The Bertz CT molecular complexity index is 504. The first-order chi connectivity index (χ1) is 8.76. The molecule has 0 saturated carbocycles. The largest absolute Gasteiger partial charge is 0.341 e. The van der Waals surface area contributed by atoms with Gasteiger partial charge in [-0.3, -0.25) is 4.79 Å². The summed E-state index contributed by atoms with van der Waals surface area (Å²) in [5.74, 6) is 0.470. The Balaban J connectivity index is 2.13. The topological polar surface area (TPSA) is 101 Å². The fourth-order valence-corrected chi connectivity index (χ4v) is 1.68. The van der Waals surface area contributed by atoms with Crippen LogP contribution in [0, 0.1) is 0 Å². The van der Waals surface area contributed by atoms with E-state index in [0.717, 1.165) is 12.2 Å². The molecule has 1 atom stereocenters. The van der Waals surface area contributed by atoms with Gasteiger partial charge in [0, 0.05) is 6.54 Å². The van der Waals surface area contributed by atoms with Crippen LogP contribution in [0.3, 0.4) is 0 Å². The molecular weight excluding hydrogens is 234 g/mol. The first-order valence-corrected chi connectivity index (χ1v) is 5.80. The van der Waals surface area contributed by atoms with Gasteiger partial charge in [0.15, 0.2) is 5.69 Å². The number of rotatable bonds is 5. The highest BCUT2D eigenvalue weighted by Gasteiger charge is 2.19. The Kier molecular flexibility index (Phi) is 3.66. The summed E-state index contributed by atoms with van der Waals surface area (Å²) in [5.41, 5.74) is 0.260. The molecule has 8 heteroatoms. The molecule has 0 aliphatic carbocycles. The SMILES string of the molecule is CCC(NC(=O)c1cn[nH]n1)c1ncnn1CC. The van der Waals surface area contributed by atoms with Crippen LogP contribution in [0.15, 0.2) is 12.5 Å². The quantitative estimate of drug-likeness (QED) is 0.793. The van der Waals surface area contributed by atoms with E-state index < -0.39 is 0 Å². The molecule has 1 amide bonds. The molecule has 2 heterocycles. The van der Waals surface area contributed by atoms with E-state index in [2.05, 4.69) is 30.8 Å². The van der Waals surface area contributed by atoms with E-state index in [0.29, 0.717) is 6.54 Å². The van der Waals surface area contributed by atoms with Gasteiger partial charge in [0.1, 0.15) is 12.2 Å². The van der Waals surface area contributed by atoms with Crippen molar-refractivity contribution in [1.29, 1.82) is 0 Å². The first kappa shape index (κ1) is 12.2. The van der Waals surface area contributed by atoms with Gasteiger partial charge in [-0.2, -0.15) is 20.5 Å². The molecule has 1 unspecified atom stereocenters. The Morgan fingerprint density at radius 1 is 1.56 bits per heavy atom. The number of nitrogens with zero attached hydrogens (tertiary/aromatic N) is 5. The number of aryl methyl sites for hydroxylation is 1. The van der Waals surface area contributed by atoms with Crippen molar-refractivity contribution in [3.63, 3.8) is 0 Å². The lowest BCUT2D eigenvalue weighted by Crippen LogP contribution is -2.30. The number of aromatic amines is 1. The average Bonchev–Trinajstić information content (AvgIpc) is 3.05. The summed E-state index contributed by atoms with van der Waals surface area (Å²) in [6.45, 7) is 4.67. The molecule has 2 rings (SSSR count). The van der Waals surface area contributed by atoms with E-state index in [1.165, 1.54) is 12.5 Å². The maximum Gasteiger partial charge on any atom is 0.274 e. The predicted octanol–water partition coefficient (Wildman–Crippen LogP) is 0.297. The second kappa shape index (κ2) is 5.39. The standard InChI is InChI=1S/C10H15N7O/c1-3-7(9-11-6-13-17(9)4-2)14-10(18)8-5-12-16-15-8/h5-7H,3-4H2,1-2H3,(H,14,18)(H,12,15,16). The second-order valence-electron chi connectivity index (χ2n) is 3.72. The lowest BCUT2D eigenvalue weighted by atomic mass is 10.2. The predicted molar refractivity (Wildman–Crippen MR) is 62.6 cm³/mol. The maximum absolute atomic E-state index is 11.9. The zero-order chi connectivity index (χ0) is 13.0. The van der Waals surface area contributed by atoms with Gasteiger partial charge in [-0.25, -0.2) is 9.67 Å². The number of hydrogen-bond donors (Lipinski definition) is 2. The summed E-state index contributed by atoms with van der Waals surface area (Å²) in [4.78, 5) is 16.1. The van der Waals surface area contributed by atoms with Crippen LogP contribution >= 0.6 is 0 Å². The van der Waals surface area contributed by atoms with Crippen molar-refractivity contribution in [2.24, 2.45) is 0 Å². The molecule has 0 fully saturated rings. The summed E-state index contributed by atoms with van der Waals surface area (Å²) in [6, 6.07) is -0.184. The molecule has 0 aromatic carbocycles. The number of amides is 1. The van der Waals surface area contributed by atoms with Crippen LogP contribution in [0.4, 0.5) is 0 Å². The second-order valence-corrected chi connectivity index (χ2v) is 3.72. The molecular formula is C10H15N7O. The number of carbonyl (C=O) groups is 1. The van der Waals surface area contributed by atoms with Crippen LogP contribution in [0.2, 0.25) is 0 Å². The number of aromatic nitrogens is 6. The molecule has 2 aromatic heterocycles. The Labute approximate surface area is 104 Å². The van der Waals surface area contributed by atoms with Gasteiger partial charge >= 0.3 is 0 Å². The Morgan fingerprint density at radius 3 is 3.00 bits per heavy atom. The molecule has 18 heavy (non-hydrogen) atoms. The van der Waals surface area contributed by atoms with Crippen LogP contribution < -0.4 is 5.32 Å². The highest BCUT2D eigenvalue weighted by molar-refractivity contribution is 5.92. The lowest BCUT2D eigenvalue weighted by Gasteiger charge is -2.15. The minimum atomic E-state index is -0.277. The third-order valence-corrected chi connectivity index (χ3v) is 2.62. The van der Waals surface area contributed by atoms with Crippen molar-refractivity contribution in [1.82, 2.24) is 35.5 Å². The summed E-state index contributed by atoms with van der Waals surface area (Å²) < 4.78 is 1.76. The van der Waals surface area contributed by atoms with Crippen molar-refractivity contribution in [2.75, 3.05) is 0 Å². The Hall–Kier alpha value is -2.25. The van der Waals surface area contributed by atoms with Gasteiger partial charge in [0.05, 0.1) is 12.2 Å². The fourth-order valence-electron chi connectivity index (χ4n) is 1.68. The average molecular weight is 249 g/mol. The zero-order valence-corrected chi connectivity index (χ0v) is 10.3. The van der Waals surface area contributed by atoms with Gasteiger partial charge < -0.3 is 5.32 Å². The monoisotopic (exact) mass is 249 g/mol. The van der Waals surface area contributed by atoms with E-state index in [9.17, 15) is 4.79 Å². The number of nitrogens with one attached hydrogen (secondary N) is 2. The van der Waals surface area contributed by atoms with Crippen LogP contribution in [-0.4, -0.2) is 36.1 Å². The summed E-state index contributed by atoms with van der Waals surface area (Å²) >= 11 is 0. The maximum atomic E-state index is 11.9. The van der Waals surface area contributed by atoms with Crippen molar-refractivity contribution >= 4 is 5.91 Å². The molecule has 8 nitrogen and oxygen atoms in total.